The molecule has 0 saturated carbocycles. The van der Waals surface area contributed by atoms with Gasteiger partial charge in [0.2, 0.25) is 0 Å². The second-order valence-electron chi connectivity index (χ2n) is 1.99. The van der Waals surface area contributed by atoms with Crippen molar-refractivity contribution in [1.82, 2.24) is 0 Å². The van der Waals surface area contributed by atoms with E-state index in [9.17, 15) is 4.79 Å². The first kappa shape index (κ1) is 6.08. The Bertz CT molecular complexity index is 177. The number of carboxylic acid groups (broad SMARTS) is 1. The minimum absolute atomic E-state index is 0.163. The van der Waals surface area contributed by atoms with Crippen molar-refractivity contribution in [3.05, 3.63) is 23.8 Å². The van der Waals surface area contributed by atoms with E-state index in [0.29, 0.717) is 0 Å². The van der Waals surface area contributed by atoms with Crippen LogP contribution < -0.4 is 0 Å². The van der Waals surface area contributed by atoms with Crippen LogP contribution >= 0.6 is 0 Å². The Labute approximate surface area is 53.5 Å². The van der Waals surface area contributed by atoms with Crippen LogP contribution in [0, 0.1) is 0 Å². The summed E-state index contributed by atoms with van der Waals surface area (Å²) in [5, 5.41) is 8.30. The molecule has 0 radical (unpaired) electrons. The van der Waals surface area contributed by atoms with Crippen LogP contribution in [0.1, 0.15) is 12.8 Å². The standard InChI is InChI=1S/C7H8O2/c8-7(9)5-6-3-1-2-4-6/h1,3-4H,2,5H2,(H,8,9). The predicted molar refractivity (Wildman–Crippen MR) is 34.1 cm³/mol. The number of aliphatic carboxylic acids is 1. The highest BCUT2D eigenvalue weighted by Gasteiger charge is 2.01. The van der Waals surface area contributed by atoms with Crippen molar-refractivity contribution in [1.29, 1.82) is 0 Å². The third-order valence-corrected chi connectivity index (χ3v) is 1.20. The monoisotopic (exact) mass is 124 g/mol. The maximum Gasteiger partial charge on any atom is 0.307 e. The van der Waals surface area contributed by atoms with Gasteiger partial charge >= 0.3 is 5.97 Å². The Morgan fingerprint density at radius 2 is 2.56 bits per heavy atom. The Morgan fingerprint density at radius 1 is 1.78 bits per heavy atom. The van der Waals surface area contributed by atoms with Crippen molar-refractivity contribution < 1.29 is 9.90 Å². The van der Waals surface area contributed by atoms with E-state index in [2.05, 4.69) is 0 Å². The normalized spacial score (nSPS) is 15.8. The van der Waals surface area contributed by atoms with E-state index in [1.54, 1.807) is 0 Å². The van der Waals surface area contributed by atoms with Crippen LogP contribution in [0.4, 0.5) is 0 Å². The third-order valence-electron chi connectivity index (χ3n) is 1.20. The molecule has 0 fully saturated rings. The minimum Gasteiger partial charge on any atom is -0.481 e. The molecule has 0 aromatic heterocycles. The van der Waals surface area contributed by atoms with Crippen LogP contribution in [0.2, 0.25) is 0 Å². The summed E-state index contributed by atoms with van der Waals surface area (Å²) in [6.45, 7) is 0. The van der Waals surface area contributed by atoms with Crippen LogP contribution in [0.3, 0.4) is 0 Å². The van der Waals surface area contributed by atoms with Crippen molar-refractivity contribution >= 4 is 5.97 Å². The Hall–Kier alpha value is -1.05. The number of rotatable bonds is 2. The lowest BCUT2D eigenvalue weighted by atomic mass is 10.2. The topological polar surface area (TPSA) is 37.3 Å². The fourth-order valence-corrected chi connectivity index (χ4v) is 0.813. The summed E-state index contributed by atoms with van der Waals surface area (Å²) in [6, 6.07) is 0. The van der Waals surface area contributed by atoms with Gasteiger partial charge in [0.15, 0.2) is 0 Å². The average Bonchev–Trinajstić information content (AvgIpc) is 2.15. The quantitative estimate of drug-likeness (QED) is 0.603. The smallest absolute Gasteiger partial charge is 0.307 e. The first-order valence-corrected chi connectivity index (χ1v) is 2.86. The molecule has 0 aliphatic heterocycles. The molecular formula is C7H8O2. The van der Waals surface area contributed by atoms with Gasteiger partial charge in [-0.3, -0.25) is 4.79 Å². The fraction of sp³-hybridized carbons (Fsp3) is 0.286. The lowest BCUT2D eigenvalue weighted by Gasteiger charge is -1.89. The highest BCUT2D eigenvalue weighted by atomic mass is 16.4. The molecule has 0 aromatic rings. The van der Waals surface area contributed by atoms with Crippen LogP contribution in [-0.4, -0.2) is 11.1 Å². The van der Waals surface area contributed by atoms with Gasteiger partial charge in [0.05, 0.1) is 6.42 Å². The molecule has 1 aliphatic rings. The second-order valence-corrected chi connectivity index (χ2v) is 1.99. The van der Waals surface area contributed by atoms with Gasteiger partial charge in [-0.05, 0) is 12.0 Å². The zero-order valence-corrected chi connectivity index (χ0v) is 5.00. The largest absolute Gasteiger partial charge is 0.481 e. The zero-order valence-electron chi connectivity index (χ0n) is 5.00. The maximum absolute atomic E-state index is 10.1. The van der Waals surface area contributed by atoms with E-state index < -0.39 is 5.97 Å². The number of allylic oxidation sites excluding steroid dienone is 3. The Morgan fingerprint density at radius 3 is 3.00 bits per heavy atom. The van der Waals surface area contributed by atoms with Crippen LogP contribution in [0.5, 0.6) is 0 Å². The van der Waals surface area contributed by atoms with Crippen LogP contribution in [0.15, 0.2) is 23.8 Å². The predicted octanol–water partition coefficient (Wildman–Crippen LogP) is 1.35. The summed E-state index contributed by atoms with van der Waals surface area (Å²) < 4.78 is 0. The summed E-state index contributed by atoms with van der Waals surface area (Å²) in [6.07, 6.45) is 6.79. The summed E-state index contributed by atoms with van der Waals surface area (Å²) >= 11 is 0. The molecule has 0 bridgehead atoms. The number of carbonyl (C=O) groups is 1. The average molecular weight is 124 g/mol. The van der Waals surface area contributed by atoms with Gasteiger partial charge in [-0.25, -0.2) is 0 Å². The van der Waals surface area contributed by atoms with Gasteiger partial charge in [0, 0.05) is 0 Å². The summed E-state index contributed by atoms with van der Waals surface area (Å²) in [7, 11) is 0. The van der Waals surface area contributed by atoms with E-state index in [4.69, 9.17) is 5.11 Å². The van der Waals surface area contributed by atoms with Gasteiger partial charge in [0.25, 0.3) is 0 Å². The highest BCUT2D eigenvalue weighted by Crippen LogP contribution is 2.11. The highest BCUT2D eigenvalue weighted by molar-refractivity contribution is 5.71. The molecule has 0 aromatic carbocycles. The lowest BCUT2D eigenvalue weighted by Crippen LogP contribution is -1.93. The van der Waals surface area contributed by atoms with Crippen molar-refractivity contribution in [2.75, 3.05) is 0 Å². The van der Waals surface area contributed by atoms with Gasteiger partial charge < -0.3 is 5.11 Å². The van der Waals surface area contributed by atoms with Gasteiger partial charge in [-0.1, -0.05) is 18.2 Å². The third kappa shape index (κ3) is 1.72. The van der Waals surface area contributed by atoms with E-state index in [-0.39, 0.29) is 6.42 Å². The molecule has 48 valence electrons. The van der Waals surface area contributed by atoms with E-state index >= 15 is 0 Å². The number of hydrogen-bond donors (Lipinski definition) is 1. The summed E-state index contributed by atoms with van der Waals surface area (Å²) in [5.41, 5.74) is 0.919. The van der Waals surface area contributed by atoms with Crippen molar-refractivity contribution in [2.24, 2.45) is 0 Å². The molecule has 2 nitrogen and oxygen atoms in total. The molecule has 2 heteroatoms. The minimum atomic E-state index is -0.757. The Balaban J connectivity index is 2.45. The molecule has 9 heavy (non-hydrogen) atoms. The molecule has 1 N–H and O–H groups in total. The summed E-state index contributed by atoms with van der Waals surface area (Å²) in [5.74, 6) is -0.757. The Kier molecular flexibility index (Phi) is 1.68. The summed E-state index contributed by atoms with van der Waals surface area (Å²) in [4.78, 5) is 10.1. The van der Waals surface area contributed by atoms with Crippen molar-refractivity contribution in [2.45, 2.75) is 12.8 Å². The lowest BCUT2D eigenvalue weighted by molar-refractivity contribution is -0.136. The molecule has 0 saturated heterocycles. The van der Waals surface area contributed by atoms with E-state index in [1.165, 1.54) is 0 Å². The van der Waals surface area contributed by atoms with E-state index in [1.807, 2.05) is 18.2 Å². The molecule has 1 rings (SSSR count). The van der Waals surface area contributed by atoms with Gasteiger partial charge in [-0.15, -0.1) is 0 Å². The molecule has 0 unspecified atom stereocenters. The molecule has 0 heterocycles. The number of carboxylic acids is 1. The van der Waals surface area contributed by atoms with Crippen molar-refractivity contribution in [3.8, 4) is 0 Å². The fourth-order valence-electron chi connectivity index (χ4n) is 0.813. The van der Waals surface area contributed by atoms with Gasteiger partial charge in [-0.2, -0.15) is 0 Å². The van der Waals surface area contributed by atoms with Crippen LogP contribution in [-0.2, 0) is 4.79 Å². The molecule has 1 aliphatic carbocycles. The first-order valence-electron chi connectivity index (χ1n) is 2.86. The second kappa shape index (κ2) is 2.49. The molecule has 0 atom stereocenters. The van der Waals surface area contributed by atoms with Crippen LogP contribution in [0.25, 0.3) is 0 Å². The maximum atomic E-state index is 10.1. The molecular weight excluding hydrogens is 116 g/mol. The van der Waals surface area contributed by atoms with E-state index in [0.717, 1.165) is 12.0 Å². The SMILES string of the molecule is O=C(O)CC1=CCC=C1. The zero-order chi connectivity index (χ0) is 6.69. The molecule has 0 spiro atoms. The number of hydrogen-bond acceptors (Lipinski definition) is 1. The van der Waals surface area contributed by atoms with Crippen molar-refractivity contribution in [3.63, 3.8) is 0 Å². The molecule has 0 amide bonds. The van der Waals surface area contributed by atoms with Gasteiger partial charge in [0.1, 0.15) is 0 Å². The first-order chi connectivity index (χ1) is 4.29.